The lowest BCUT2D eigenvalue weighted by Crippen LogP contribution is -2.37. The van der Waals surface area contributed by atoms with Crippen LogP contribution >= 0.6 is 0 Å². The van der Waals surface area contributed by atoms with Crippen molar-refractivity contribution in [3.8, 4) is 0 Å². The van der Waals surface area contributed by atoms with Gasteiger partial charge in [-0.3, -0.25) is 14.7 Å². The predicted molar refractivity (Wildman–Crippen MR) is 105 cm³/mol. The Kier molecular flexibility index (Phi) is 4.68. The molecule has 0 saturated carbocycles. The average molecular weight is 415 g/mol. The highest BCUT2D eigenvalue weighted by Crippen LogP contribution is 2.41. The van der Waals surface area contributed by atoms with Crippen molar-refractivity contribution in [1.82, 2.24) is 9.78 Å². The second kappa shape index (κ2) is 7.08. The van der Waals surface area contributed by atoms with Crippen LogP contribution in [-0.2, 0) is 18.3 Å². The van der Waals surface area contributed by atoms with Gasteiger partial charge in [0.2, 0.25) is 0 Å². The summed E-state index contributed by atoms with van der Waals surface area (Å²) < 4.78 is 55.5. The quantitative estimate of drug-likeness (QED) is 0.508. The van der Waals surface area contributed by atoms with Crippen LogP contribution in [0.15, 0.2) is 64.6 Å². The van der Waals surface area contributed by atoms with Gasteiger partial charge in [0.1, 0.15) is 17.2 Å². The fraction of sp³-hybridized carbons (Fsp3) is 0.190. The van der Waals surface area contributed by atoms with Gasteiger partial charge in [-0.15, -0.1) is 0 Å². The van der Waals surface area contributed by atoms with E-state index in [1.807, 2.05) is 30.3 Å². The SMILES string of the molecule is CC1(c2cc(N=Cc3ccccc3)ccc2F)N=C(N)Cn2nc(C(F)(F)F)cc21. The zero-order valence-corrected chi connectivity index (χ0v) is 15.9. The number of benzene rings is 2. The van der Waals surface area contributed by atoms with E-state index < -0.39 is 23.2 Å². The van der Waals surface area contributed by atoms with Crippen molar-refractivity contribution in [2.75, 3.05) is 0 Å². The van der Waals surface area contributed by atoms with Crippen LogP contribution in [0, 0.1) is 5.82 Å². The summed E-state index contributed by atoms with van der Waals surface area (Å²) in [6.07, 6.45) is -3.02. The maximum Gasteiger partial charge on any atom is 0.435 e. The normalized spacial score (nSPS) is 19.0. The number of fused-ring (bicyclic) bond motifs is 1. The van der Waals surface area contributed by atoms with Gasteiger partial charge < -0.3 is 5.73 Å². The molecule has 5 nitrogen and oxygen atoms in total. The maximum absolute atomic E-state index is 14.8. The molecule has 0 amide bonds. The van der Waals surface area contributed by atoms with Crippen LogP contribution in [0.5, 0.6) is 0 Å². The van der Waals surface area contributed by atoms with E-state index in [0.29, 0.717) is 5.69 Å². The first-order valence-electron chi connectivity index (χ1n) is 9.06. The van der Waals surface area contributed by atoms with Crippen molar-refractivity contribution in [2.45, 2.75) is 25.2 Å². The zero-order valence-electron chi connectivity index (χ0n) is 15.9. The molecule has 2 heterocycles. The molecule has 9 heteroatoms. The number of hydrogen-bond donors (Lipinski definition) is 1. The number of rotatable bonds is 3. The fourth-order valence-electron chi connectivity index (χ4n) is 3.45. The summed E-state index contributed by atoms with van der Waals surface area (Å²) in [5.74, 6) is -0.574. The Morgan fingerprint density at radius 2 is 1.87 bits per heavy atom. The molecule has 1 unspecified atom stereocenters. The highest BCUT2D eigenvalue weighted by molar-refractivity contribution is 5.83. The summed E-state index contributed by atoms with van der Waals surface area (Å²) in [7, 11) is 0. The van der Waals surface area contributed by atoms with Crippen LogP contribution in [0.25, 0.3) is 0 Å². The number of alkyl halides is 3. The molecule has 2 N–H and O–H groups in total. The van der Waals surface area contributed by atoms with Gasteiger partial charge in [0, 0.05) is 11.8 Å². The third-order valence-electron chi connectivity index (χ3n) is 4.88. The highest BCUT2D eigenvalue weighted by Gasteiger charge is 2.42. The highest BCUT2D eigenvalue weighted by atomic mass is 19.4. The van der Waals surface area contributed by atoms with Gasteiger partial charge in [0.15, 0.2) is 5.69 Å². The summed E-state index contributed by atoms with van der Waals surface area (Å²) in [5, 5.41) is 3.60. The number of aliphatic imine (C=N–C) groups is 2. The van der Waals surface area contributed by atoms with E-state index in [9.17, 15) is 17.6 Å². The van der Waals surface area contributed by atoms with E-state index >= 15 is 0 Å². The van der Waals surface area contributed by atoms with E-state index in [2.05, 4.69) is 15.1 Å². The number of nitrogens with two attached hydrogens (primary N) is 1. The monoisotopic (exact) mass is 415 g/mol. The van der Waals surface area contributed by atoms with Crippen molar-refractivity contribution >= 4 is 17.7 Å². The van der Waals surface area contributed by atoms with Crippen molar-refractivity contribution in [1.29, 1.82) is 0 Å². The molecule has 1 aromatic heterocycles. The minimum atomic E-state index is -4.64. The second-order valence-corrected chi connectivity index (χ2v) is 7.08. The molecule has 1 atom stereocenters. The topological polar surface area (TPSA) is 68.6 Å². The zero-order chi connectivity index (χ0) is 21.5. The Morgan fingerprint density at radius 1 is 1.13 bits per heavy atom. The lowest BCUT2D eigenvalue weighted by atomic mass is 9.87. The van der Waals surface area contributed by atoms with E-state index in [0.717, 1.165) is 16.3 Å². The molecule has 2 aromatic carbocycles. The first-order valence-corrected chi connectivity index (χ1v) is 9.06. The number of hydrogen-bond acceptors (Lipinski definition) is 4. The van der Waals surface area contributed by atoms with E-state index in [-0.39, 0.29) is 23.6 Å². The standard InChI is InChI=1S/C21H17F4N5/c1-20(18-10-17(21(23,24)25)29-30(18)12-19(26)28-20)15-9-14(7-8-16(15)22)27-11-13-5-3-2-4-6-13/h2-11H,12H2,1H3,(H2,26,28). The third-order valence-corrected chi connectivity index (χ3v) is 4.88. The molecule has 1 aliphatic heterocycles. The van der Waals surface area contributed by atoms with E-state index in [1.165, 1.54) is 25.1 Å². The molecule has 0 bridgehead atoms. The van der Waals surface area contributed by atoms with Gasteiger partial charge in [-0.05, 0) is 36.8 Å². The van der Waals surface area contributed by atoms with Crippen molar-refractivity contribution in [2.24, 2.45) is 15.7 Å². The van der Waals surface area contributed by atoms with Crippen molar-refractivity contribution in [3.05, 3.63) is 82.9 Å². The molecule has 154 valence electrons. The number of halogens is 4. The Bertz CT molecular complexity index is 1150. The molecule has 1 aliphatic rings. The van der Waals surface area contributed by atoms with Crippen LogP contribution < -0.4 is 5.73 Å². The third kappa shape index (κ3) is 3.58. The molecular weight excluding hydrogens is 398 g/mol. The minimum absolute atomic E-state index is 0.0550. The van der Waals surface area contributed by atoms with Gasteiger partial charge in [0.25, 0.3) is 0 Å². The summed E-state index contributed by atoms with van der Waals surface area (Å²) >= 11 is 0. The second-order valence-electron chi connectivity index (χ2n) is 7.08. The number of nitrogens with zero attached hydrogens (tertiary/aromatic N) is 4. The predicted octanol–water partition coefficient (Wildman–Crippen LogP) is 4.43. The lowest BCUT2D eigenvalue weighted by Gasteiger charge is -2.31. The largest absolute Gasteiger partial charge is 0.435 e. The number of aromatic nitrogens is 2. The molecule has 30 heavy (non-hydrogen) atoms. The summed E-state index contributed by atoms with van der Waals surface area (Å²) in [6.45, 7) is 1.41. The van der Waals surface area contributed by atoms with Gasteiger partial charge in [0.05, 0.1) is 17.9 Å². The Labute approximate surface area is 169 Å². The molecule has 3 aromatic rings. The van der Waals surface area contributed by atoms with Crippen LogP contribution in [0.1, 0.15) is 29.4 Å². The molecule has 0 saturated heterocycles. The van der Waals surface area contributed by atoms with Crippen molar-refractivity contribution in [3.63, 3.8) is 0 Å². The van der Waals surface area contributed by atoms with Crippen LogP contribution in [-0.4, -0.2) is 21.8 Å². The van der Waals surface area contributed by atoms with E-state index in [1.54, 1.807) is 6.21 Å². The van der Waals surface area contributed by atoms with Gasteiger partial charge in [-0.1, -0.05) is 30.3 Å². The molecule has 0 radical (unpaired) electrons. The maximum atomic E-state index is 14.8. The van der Waals surface area contributed by atoms with Crippen LogP contribution in [0.4, 0.5) is 23.2 Å². The first kappa shape index (κ1) is 19.8. The minimum Gasteiger partial charge on any atom is -0.386 e. The van der Waals surface area contributed by atoms with Gasteiger partial charge >= 0.3 is 6.18 Å². The summed E-state index contributed by atoms with van der Waals surface area (Å²) in [6, 6.07) is 14.3. The molecule has 4 rings (SSSR count). The molecule has 0 fully saturated rings. The summed E-state index contributed by atoms with van der Waals surface area (Å²) in [5.41, 5.74) is 4.74. The van der Waals surface area contributed by atoms with Gasteiger partial charge in [-0.2, -0.15) is 18.3 Å². The smallest absolute Gasteiger partial charge is 0.386 e. The Morgan fingerprint density at radius 3 is 2.57 bits per heavy atom. The molecular formula is C21H17F4N5. The van der Waals surface area contributed by atoms with Crippen molar-refractivity contribution < 1.29 is 17.6 Å². The van der Waals surface area contributed by atoms with Gasteiger partial charge in [-0.25, -0.2) is 4.39 Å². The van der Waals surface area contributed by atoms with Crippen LogP contribution in [0.2, 0.25) is 0 Å². The van der Waals surface area contributed by atoms with E-state index in [4.69, 9.17) is 5.73 Å². The van der Waals surface area contributed by atoms with Crippen LogP contribution in [0.3, 0.4) is 0 Å². The number of amidine groups is 1. The molecule has 0 spiro atoms. The Balaban J connectivity index is 1.80. The summed E-state index contributed by atoms with van der Waals surface area (Å²) in [4.78, 5) is 8.67. The average Bonchev–Trinajstić information content (AvgIpc) is 3.13. The Hall–Kier alpha value is -3.49. The fourth-order valence-corrected chi connectivity index (χ4v) is 3.45. The molecule has 0 aliphatic carbocycles. The first-order chi connectivity index (χ1) is 14.2. The lowest BCUT2D eigenvalue weighted by molar-refractivity contribution is -0.141.